The Morgan fingerprint density at radius 3 is 2.73 bits per heavy atom. The largest absolute Gasteiger partial charge is 0.394 e. The van der Waals surface area contributed by atoms with Crippen LogP contribution in [0.1, 0.15) is 20.3 Å². The average Bonchev–Trinajstić information content (AvgIpc) is 2.18. The highest BCUT2D eigenvalue weighted by Crippen LogP contribution is 2.30. The van der Waals surface area contributed by atoms with E-state index in [0.717, 1.165) is 6.42 Å². The smallest absolute Gasteiger partial charge is 0.192 e. The topological polar surface area (TPSA) is 49.7 Å². The van der Waals surface area contributed by atoms with Gasteiger partial charge < -0.3 is 14.9 Å². The molecule has 0 aromatic heterocycles. The van der Waals surface area contributed by atoms with Crippen LogP contribution in [0.4, 0.5) is 0 Å². The van der Waals surface area contributed by atoms with E-state index >= 15 is 0 Å². The highest BCUT2D eigenvalue weighted by Gasteiger charge is 2.35. The standard InChI is InChI=1S/C12H20O3/c1-10(2)9-11-5-3-4-6-12(11,14)15-8-7-13/h3-6,10-11,13-14H,7-9H2,1-2H3. The van der Waals surface area contributed by atoms with Crippen molar-refractivity contribution in [2.45, 2.75) is 26.1 Å². The molecular formula is C12H20O3. The number of allylic oxidation sites excluding steroid dienone is 2. The lowest BCUT2D eigenvalue weighted by atomic mass is 9.86. The summed E-state index contributed by atoms with van der Waals surface area (Å²) < 4.78 is 5.30. The molecular weight excluding hydrogens is 192 g/mol. The van der Waals surface area contributed by atoms with Crippen LogP contribution in [-0.4, -0.2) is 29.2 Å². The number of ether oxygens (including phenoxy) is 1. The summed E-state index contributed by atoms with van der Waals surface area (Å²) in [5, 5.41) is 18.9. The normalized spacial score (nSPS) is 30.1. The monoisotopic (exact) mass is 212 g/mol. The third kappa shape index (κ3) is 3.45. The molecule has 15 heavy (non-hydrogen) atoms. The number of hydrogen-bond acceptors (Lipinski definition) is 3. The molecule has 2 N–H and O–H groups in total. The lowest BCUT2D eigenvalue weighted by Gasteiger charge is -2.34. The molecule has 0 saturated heterocycles. The predicted molar refractivity (Wildman–Crippen MR) is 59.2 cm³/mol. The number of rotatable bonds is 5. The molecule has 86 valence electrons. The molecule has 1 rings (SSSR count). The van der Waals surface area contributed by atoms with Crippen molar-refractivity contribution in [3.05, 3.63) is 24.3 Å². The summed E-state index contributed by atoms with van der Waals surface area (Å²) >= 11 is 0. The van der Waals surface area contributed by atoms with Crippen LogP contribution in [0.2, 0.25) is 0 Å². The molecule has 1 aliphatic rings. The van der Waals surface area contributed by atoms with Crippen LogP contribution in [-0.2, 0) is 4.74 Å². The Morgan fingerprint density at radius 1 is 1.40 bits per heavy atom. The van der Waals surface area contributed by atoms with E-state index in [0.29, 0.717) is 5.92 Å². The highest BCUT2D eigenvalue weighted by atomic mass is 16.6. The van der Waals surface area contributed by atoms with E-state index in [1.807, 2.05) is 12.2 Å². The van der Waals surface area contributed by atoms with Crippen molar-refractivity contribution < 1.29 is 14.9 Å². The maximum Gasteiger partial charge on any atom is 0.192 e. The third-order valence-corrected chi connectivity index (χ3v) is 2.47. The van der Waals surface area contributed by atoms with E-state index in [2.05, 4.69) is 13.8 Å². The van der Waals surface area contributed by atoms with Crippen molar-refractivity contribution >= 4 is 0 Å². The molecule has 3 heteroatoms. The molecule has 0 saturated carbocycles. The predicted octanol–water partition coefficient (Wildman–Crippen LogP) is 1.47. The lowest BCUT2D eigenvalue weighted by molar-refractivity contribution is -0.198. The second kappa shape index (κ2) is 5.45. The molecule has 0 aromatic carbocycles. The fourth-order valence-corrected chi connectivity index (χ4v) is 1.77. The molecule has 0 spiro atoms. The van der Waals surface area contributed by atoms with Gasteiger partial charge in [0.15, 0.2) is 5.79 Å². The summed E-state index contributed by atoms with van der Waals surface area (Å²) in [5.41, 5.74) is 0. The van der Waals surface area contributed by atoms with Crippen LogP contribution in [0.25, 0.3) is 0 Å². The maximum absolute atomic E-state index is 10.2. The van der Waals surface area contributed by atoms with Crippen LogP contribution in [0, 0.1) is 11.8 Å². The van der Waals surface area contributed by atoms with Gasteiger partial charge in [-0.15, -0.1) is 0 Å². The molecule has 0 bridgehead atoms. The van der Waals surface area contributed by atoms with Crippen molar-refractivity contribution in [2.75, 3.05) is 13.2 Å². The van der Waals surface area contributed by atoms with Gasteiger partial charge in [-0.2, -0.15) is 0 Å². The van der Waals surface area contributed by atoms with Crippen molar-refractivity contribution in [3.63, 3.8) is 0 Å². The number of aliphatic hydroxyl groups excluding tert-OH is 1. The van der Waals surface area contributed by atoms with Crippen LogP contribution < -0.4 is 0 Å². The van der Waals surface area contributed by atoms with E-state index in [9.17, 15) is 5.11 Å². The van der Waals surface area contributed by atoms with E-state index in [1.54, 1.807) is 12.2 Å². The summed E-state index contributed by atoms with van der Waals surface area (Å²) in [6.07, 6.45) is 8.16. The Balaban J connectivity index is 2.65. The molecule has 0 heterocycles. The van der Waals surface area contributed by atoms with Gasteiger partial charge in [0.05, 0.1) is 13.2 Å². The lowest BCUT2D eigenvalue weighted by Crippen LogP contribution is -2.40. The Kier molecular flexibility index (Phi) is 4.51. The first-order chi connectivity index (χ1) is 7.08. The minimum absolute atomic E-state index is 0.0333. The van der Waals surface area contributed by atoms with Crippen LogP contribution in [0.3, 0.4) is 0 Å². The molecule has 2 atom stereocenters. The van der Waals surface area contributed by atoms with Gasteiger partial charge >= 0.3 is 0 Å². The Bertz CT molecular complexity index is 245. The third-order valence-electron chi connectivity index (χ3n) is 2.47. The van der Waals surface area contributed by atoms with Crippen LogP contribution in [0.5, 0.6) is 0 Å². The van der Waals surface area contributed by atoms with Gasteiger partial charge in [0, 0.05) is 5.92 Å². The molecule has 2 unspecified atom stereocenters. The minimum atomic E-state index is -1.25. The van der Waals surface area contributed by atoms with E-state index in [-0.39, 0.29) is 19.1 Å². The second-order valence-electron chi connectivity index (χ2n) is 4.30. The molecule has 1 aliphatic carbocycles. The fourth-order valence-electron chi connectivity index (χ4n) is 1.77. The number of aliphatic hydroxyl groups is 2. The van der Waals surface area contributed by atoms with Gasteiger partial charge in [0.25, 0.3) is 0 Å². The van der Waals surface area contributed by atoms with Gasteiger partial charge in [-0.05, 0) is 18.4 Å². The fraction of sp³-hybridized carbons (Fsp3) is 0.667. The van der Waals surface area contributed by atoms with Crippen molar-refractivity contribution in [3.8, 4) is 0 Å². The van der Waals surface area contributed by atoms with Crippen molar-refractivity contribution in [1.29, 1.82) is 0 Å². The SMILES string of the molecule is CC(C)CC1C=CC=CC1(O)OCCO. The number of hydrogen-bond donors (Lipinski definition) is 2. The molecule has 0 aliphatic heterocycles. The van der Waals surface area contributed by atoms with Crippen LogP contribution >= 0.6 is 0 Å². The zero-order valence-corrected chi connectivity index (χ0v) is 9.39. The first-order valence-corrected chi connectivity index (χ1v) is 5.41. The van der Waals surface area contributed by atoms with E-state index < -0.39 is 5.79 Å². The summed E-state index contributed by atoms with van der Waals surface area (Å²) in [6, 6.07) is 0. The second-order valence-corrected chi connectivity index (χ2v) is 4.30. The van der Waals surface area contributed by atoms with Crippen molar-refractivity contribution in [2.24, 2.45) is 11.8 Å². The van der Waals surface area contributed by atoms with Gasteiger partial charge in [0.1, 0.15) is 0 Å². The summed E-state index contributed by atoms with van der Waals surface area (Å²) in [6.45, 7) is 4.30. The van der Waals surface area contributed by atoms with E-state index in [1.165, 1.54) is 0 Å². The minimum Gasteiger partial charge on any atom is -0.394 e. The maximum atomic E-state index is 10.2. The summed E-state index contributed by atoms with van der Waals surface area (Å²) in [7, 11) is 0. The molecule has 0 radical (unpaired) electrons. The average molecular weight is 212 g/mol. The van der Waals surface area contributed by atoms with Crippen molar-refractivity contribution in [1.82, 2.24) is 0 Å². The molecule has 0 amide bonds. The Morgan fingerprint density at radius 2 is 2.13 bits per heavy atom. The van der Waals surface area contributed by atoms with Crippen LogP contribution in [0.15, 0.2) is 24.3 Å². The Labute approximate surface area is 91.1 Å². The van der Waals surface area contributed by atoms with Gasteiger partial charge in [-0.25, -0.2) is 0 Å². The zero-order valence-electron chi connectivity index (χ0n) is 9.39. The van der Waals surface area contributed by atoms with Gasteiger partial charge in [0.2, 0.25) is 0 Å². The van der Waals surface area contributed by atoms with Gasteiger partial charge in [-0.1, -0.05) is 32.1 Å². The zero-order chi connectivity index (χ0) is 11.3. The summed E-state index contributed by atoms with van der Waals surface area (Å²) in [5.74, 6) is -0.786. The highest BCUT2D eigenvalue weighted by molar-refractivity contribution is 5.18. The summed E-state index contributed by atoms with van der Waals surface area (Å²) in [4.78, 5) is 0. The first kappa shape index (κ1) is 12.4. The molecule has 0 fully saturated rings. The first-order valence-electron chi connectivity index (χ1n) is 5.41. The molecule has 3 nitrogen and oxygen atoms in total. The van der Waals surface area contributed by atoms with E-state index in [4.69, 9.17) is 9.84 Å². The van der Waals surface area contributed by atoms with Gasteiger partial charge in [-0.3, -0.25) is 0 Å². The molecule has 0 aromatic rings. The Hall–Kier alpha value is -0.640. The quantitative estimate of drug-likeness (QED) is 0.678.